The van der Waals surface area contributed by atoms with Gasteiger partial charge in [0.15, 0.2) is 0 Å². The van der Waals surface area contributed by atoms with E-state index in [2.05, 4.69) is 11.5 Å². The van der Waals surface area contributed by atoms with Crippen LogP contribution in [0.4, 0.5) is 0 Å². The van der Waals surface area contributed by atoms with Crippen LogP contribution in [-0.4, -0.2) is 24.7 Å². The van der Waals surface area contributed by atoms with Gasteiger partial charge in [0.05, 0.1) is 0 Å². The largest absolute Gasteiger partial charge is 0.374 e. The number of nitrogens with zero attached hydrogens (tertiary/aromatic N) is 1. The summed E-state index contributed by atoms with van der Waals surface area (Å²) in [6, 6.07) is 0. The van der Waals surface area contributed by atoms with E-state index in [1.165, 1.54) is 11.9 Å². The van der Waals surface area contributed by atoms with Crippen LogP contribution in [0.3, 0.4) is 0 Å². The van der Waals surface area contributed by atoms with E-state index in [0.29, 0.717) is 0 Å². The Hall–Kier alpha value is -1.31. The third kappa shape index (κ3) is 4.47. The van der Waals surface area contributed by atoms with Crippen LogP contribution in [0, 0.1) is 5.41 Å². The van der Waals surface area contributed by atoms with Gasteiger partial charge in [0, 0.05) is 31.1 Å². The number of hydrogen-bond acceptors (Lipinski definition) is 2. The van der Waals surface area contributed by atoms with Gasteiger partial charge >= 0.3 is 0 Å². The van der Waals surface area contributed by atoms with E-state index >= 15 is 0 Å². The zero-order chi connectivity index (χ0) is 13.1. The Kier molecular flexibility index (Phi) is 10.9. The summed E-state index contributed by atoms with van der Waals surface area (Å²) in [5.74, 6) is 0. The van der Waals surface area contributed by atoms with Gasteiger partial charge in [0.1, 0.15) is 0 Å². The molecule has 0 aromatic carbocycles. The predicted octanol–water partition coefficient (Wildman–Crippen LogP) is 4.02. The highest BCUT2D eigenvalue weighted by Crippen LogP contribution is 2.20. The fourth-order valence-electron chi connectivity index (χ4n) is 1.30. The molecule has 16 heavy (non-hydrogen) atoms. The molecular weight excluding hydrogens is 196 g/mol. The molecule has 0 saturated heterocycles. The highest BCUT2D eigenvalue weighted by atomic mass is 15.1. The van der Waals surface area contributed by atoms with Crippen LogP contribution in [0.15, 0.2) is 35.6 Å². The topological polar surface area (TPSA) is 27.1 Å². The maximum Gasteiger partial charge on any atom is 0.0362 e. The quantitative estimate of drug-likeness (QED) is 0.702. The third-order valence-electron chi connectivity index (χ3n) is 2.22. The van der Waals surface area contributed by atoms with Gasteiger partial charge in [-0.05, 0) is 12.5 Å². The van der Waals surface area contributed by atoms with E-state index in [1.807, 2.05) is 53.8 Å². The van der Waals surface area contributed by atoms with Gasteiger partial charge in [-0.2, -0.15) is 0 Å². The molecule has 0 atom stereocenters. The first-order chi connectivity index (χ1) is 7.70. The summed E-state index contributed by atoms with van der Waals surface area (Å²) in [6.07, 6.45) is 5.23. The van der Waals surface area contributed by atoms with Crippen molar-refractivity contribution in [3.8, 4) is 0 Å². The van der Waals surface area contributed by atoms with E-state index in [-0.39, 0.29) is 0 Å². The van der Waals surface area contributed by atoms with Crippen molar-refractivity contribution in [2.24, 2.45) is 0 Å². The zero-order valence-corrected chi connectivity index (χ0v) is 11.6. The second kappa shape index (κ2) is 10.2. The van der Waals surface area contributed by atoms with Gasteiger partial charge in [-0.25, -0.2) is 0 Å². The van der Waals surface area contributed by atoms with Crippen LogP contribution < -0.4 is 0 Å². The molecule has 1 aliphatic heterocycles. The minimum atomic E-state index is 0.883. The summed E-state index contributed by atoms with van der Waals surface area (Å²) in [6.45, 7) is 14.7. The van der Waals surface area contributed by atoms with E-state index in [9.17, 15) is 0 Å². The van der Waals surface area contributed by atoms with Gasteiger partial charge in [-0.15, -0.1) is 0 Å². The summed E-state index contributed by atoms with van der Waals surface area (Å²) < 4.78 is 0. The Bertz CT molecular complexity index is 272. The summed E-state index contributed by atoms with van der Waals surface area (Å²) in [5, 5.41) is 7.19. The number of hydrogen-bond donors (Lipinski definition) is 1. The second-order valence-corrected chi connectivity index (χ2v) is 2.89. The fourth-order valence-corrected chi connectivity index (χ4v) is 1.30. The lowest BCUT2D eigenvalue weighted by Crippen LogP contribution is -2.22. The molecule has 1 heterocycles. The molecule has 0 unspecified atom stereocenters. The van der Waals surface area contributed by atoms with Crippen molar-refractivity contribution in [2.45, 2.75) is 34.6 Å². The van der Waals surface area contributed by atoms with Crippen LogP contribution in [-0.2, 0) is 0 Å². The highest BCUT2D eigenvalue weighted by Gasteiger charge is 2.11. The first kappa shape index (κ1) is 17.1. The molecule has 0 aromatic heterocycles. The van der Waals surface area contributed by atoms with Crippen LogP contribution in [0.5, 0.6) is 0 Å². The van der Waals surface area contributed by atoms with Crippen molar-refractivity contribution < 1.29 is 0 Å². The molecule has 0 aromatic rings. The van der Waals surface area contributed by atoms with Gasteiger partial charge in [-0.1, -0.05) is 46.4 Å². The molecule has 1 aliphatic rings. The smallest absolute Gasteiger partial charge is 0.0362 e. The van der Waals surface area contributed by atoms with Crippen molar-refractivity contribution in [3.63, 3.8) is 0 Å². The first-order valence-electron chi connectivity index (χ1n) is 5.96. The molecule has 0 fully saturated rings. The minimum absolute atomic E-state index is 0.883. The van der Waals surface area contributed by atoms with Crippen molar-refractivity contribution in [1.82, 2.24) is 4.90 Å². The van der Waals surface area contributed by atoms with Gasteiger partial charge < -0.3 is 10.3 Å². The molecule has 0 bridgehead atoms. The molecule has 92 valence electrons. The third-order valence-corrected chi connectivity index (χ3v) is 2.22. The lowest BCUT2D eigenvalue weighted by Gasteiger charge is -2.25. The van der Waals surface area contributed by atoms with Crippen molar-refractivity contribution in [3.05, 3.63) is 35.6 Å². The van der Waals surface area contributed by atoms with E-state index in [0.717, 1.165) is 17.7 Å². The number of allylic oxidation sites excluding steroid dienone is 4. The summed E-state index contributed by atoms with van der Waals surface area (Å²) >= 11 is 0. The average Bonchev–Trinajstić information content (AvgIpc) is 2.37. The normalized spacial score (nSPS) is 13.9. The van der Waals surface area contributed by atoms with Crippen LogP contribution >= 0.6 is 0 Å². The molecule has 0 aliphatic carbocycles. The molecular formula is C14H26N2. The van der Waals surface area contributed by atoms with E-state index in [1.54, 1.807) is 0 Å². The Morgan fingerprint density at radius 1 is 1.31 bits per heavy atom. The van der Waals surface area contributed by atoms with Gasteiger partial charge in [0.2, 0.25) is 0 Å². The standard InChI is InChI=1S/C10H14N2.2C2H6/c1-4-10-8(2)12(3)6-5-9(10)7-11;2*1-2/h4-5,7,11H,1,6H2,2-3H3;2*1-2H3. The molecule has 2 heteroatoms. The molecule has 0 spiro atoms. The molecule has 1 N–H and O–H groups in total. The maximum absolute atomic E-state index is 7.19. The molecule has 1 rings (SSSR count). The van der Waals surface area contributed by atoms with E-state index in [4.69, 9.17) is 5.41 Å². The fraction of sp³-hybridized carbons (Fsp3) is 0.500. The van der Waals surface area contributed by atoms with Gasteiger partial charge in [0.25, 0.3) is 0 Å². The minimum Gasteiger partial charge on any atom is -0.374 e. The Morgan fingerprint density at radius 3 is 2.19 bits per heavy atom. The Morgan fingerprint density at radius 2 is 1.81 bits per heavy atom. The lowest BCUT2D eigenvalue weighted by molar-refractivity contribution is 0.455. The maximum atomic E-state index is 7.19. The predicted molar refractivity (Wildman–Crippen MR) is 75.1 cm³/mol. The SMILES string of the molecule is C=CC1=C(C)N(C)CC=C1C=N.CC.CC. The average molecular weight is 222 g/mol. The summed E-state index contributed by atoms with van der Waals surface area (Å²) in [5.41, 5.74) is 3.23. The molecule has 0 saturated carbocycles. The van der Waals surface area contributed by atoms with Crippen LogP contribution in [0.25, 0.3) is 0 Å². The summed E-state index contributed by atoms with van der Waals surface area (Å²) in [4.78, 5) is 2.14. The van der Waals surface area contributed by atoms with Crippen molar-refractivity contribution in [1.29, 1.82) is 5.41 Å². The number of likely N-dealkylation sites (N-methyl/N-ethyl adjacent to an activating group) is 1. The summed E-state index contributed by atoms with van der Waals surface area (Å²) in [7, 11) is 2.04. The van der Waals surface area contributed by atoms with Crippen LogP contribution in [0.2, 0.25) is 0 Å². The first-order valence-corrected chi connectivity index (χ1v) is 5.96. The highest BCUT2D eigenvalue weighted by molar-refractivity contribution is 5.84. The monoisotopic (exact) mass is 222 g/mol. The Balaban J connectivity index is 0. The van der Waals surface area contributed by atoms with E-state index < -0.39 is 0 Å². The second-order valence-electron chi connectivity index (χ2n) is 2.89. The Labute approximate surface area is 101 Å². The lowest BCUT2D eigenvalue weighted by atomic mass is 10.0. The molecule has 0 radical (unpaired) electrons. The van der Waals surface area contributed by atoms with Gasteiger partial charge in [-0.3, -0.25) is 0 Å². The number of rotatable bonds is 2. The van der Waals surface area contributed by atoms with Crippen LogP contribution in [0.1, 0.15) is 34.6 Å². The van der Waals surface area contributed by atoms with Crippen molar-refractivity contribution in [2.75, 3.05) is 13.6 Å². The zero-order valence-electron chi connectivity index (χ0n) is 11.6. The molecule has 2 nitrogen and oxygen atoms in total. The van der Waals surface area contributed by atoms with Crippen molar-refractivity contribution >= 4 is 6.21 Å². The molecule has 0 amide bonds. The number of nitrogens with one attached hydrogen (secondary N) is 1.